The Morgan fingerprint density at radius 1 is 0.444 bits per heavy atom. The zero-order chi connectivity index (χ0) is 36.2. The Labute approximate surface area is 318 Å². The van der Waals surface area contributed by atoms with Gasteiger partial charge >= 0.3 is 0 Å². The molecule has 2 atom stereocenters. The van der Waals surface area contributed by atoms with E-state index in [4.69, 9.17) is 0 Å². The molecule has 0 radical (unpaired) electrons. The van der Waals surface area contributed by atoms with Gasteiger partial charge in [-0.2, -0.15) is 0 Å². The molecule has 0 aromatic heterocycles. The quantitative estimate of drug-likeness (QED) is 0.178. The highest BCUT2D eigenvalue weighted by Crippen LogP contribution is 2.65. The Kier molecular flexibility index (Phi) is 6.62. The average molecular weight is 692 g/mol. The fourth-order valence-corrected chi connectivity index (χ4v) is 10.6. The number of rotatable bonds is 4. The van der Waals surface area contributed by atoms with Crippen LogP contribution in [0.15, 0.2) is 182 Å². The van der Waals surface area contributed by atoms with E-state index < -0.39 is 0 Å². The molecule has 7 aromatic carbocycles. The smallest absolute Gasteiger partial charge is 0.0538 e. The molecular formula is C53H41N. The molecule has 1 nitrogen and oxygen atoms in total. The summed E-state index contributed by atoms with van der Waals surface area (Å²) in [6.45, 7) is 6.89. The van der Waals surface area contributed by atoms with Gasteiger partial charge in [0, 0.05) is 34.3 Å². The summed E-state index contributed by atoms with van der Waals surface area (Å²) in [5.41, 5.74) is 20.7. The molecule has 1 spiro atoms. The van der Waals surface area contributed by atoms with Crippen LogP contribution >= 0.6 is 0 Å². The summed E-state index contributed by atoms with van der Waals surface area (Å²) >= 11 is 0. The SMILES string of the molecule is Cc1ccc(-c2ccc(N(c3ccc4c(c3)C(C)(C)c3ccccc3-4)c3ccc4c(c3)C3(c5ccccc5-c5ccccc53)C3C=CC=CC43)cc2)cc1. The minimum Gasteiger partial charge on any atom is -0.310 e. The van der Waals surface area contributed by atoms with E-state index in [-0.39, 0.29) is 10.8 Å². The average Bonchev–Trinajstić information content (AvgIpc) is 3.77. The first-order chi connectivity index (χ1) is 26.4. The largest absolute Gasteiger partial charge is 0.310 e. The first kappa shape index (κ1) is 31.4. The summed E-state index contributed by atoms with van der Waals surface area (Å²) in [6, 6.07) is 59.7. The van der Waals surface area contributed by atoms with Crippen molar-refractivity contribution in [2.24, 2.45) is 5.92 Å². The third kappa shape index (κ3) is 4.21. The van der Waals surface area contributed by atoms with Crippen LogP contribution in [0.2, 0.25) is 0 Å². The predicted octanol–water partition coefficient (Wildman–Crippen LogP) is 13.6. The molecule has 4 aliphatic rings. The van der Waals surface area contributed by atoms with E-state index in [9.17, 15) is 0 Å². The van der Waals surface area contributed by atoms with Crippen molar-refractivity contribution in [3.63, 3.8) is 0 Å². The minimum absolute atomic E-state index is 0.101. The molecule has 0 fully saturated rings. The number of hydrogen-bond acceptors (Lipinski definition) is 1. The van der Waals surface area contributed by atoms with E-state index in [1.807, 2.05) is 0 Å². The van der Waals surface area contributed by atoms with Crippen LogP contribution in [0.5, 0.6) is 0 Å². The number of benzene rings is 7. The molecule has 0 saturated carbocycles. The maximum atomic E-state index is 2.54. The van der Waals surface area contributed by atoms with Crippen LogP contribution in [0.4, 0.5) is 17.1 Å². The van der Waals surface area contributed by atoms with Crippen LogP contribution in [0.1, 0.15) is 58.7 Å². The molecule has 0 aliphatic heterocycles. The number of fused-ring (bicyclic) bond motifs is 13. The van der Waals surface area contributed by atoms with Crippen molar-refractivity contribution >= 4 is 17.1 Å². The number of nitrogens with zero attached hydrogens (tertiary/aromatic N) is 1. The van der Waals surface area contributed by atoms with Crippen molar-refractivity contribution in [2.45, 2.75) is 37.5 Å². The lowest BCUT2D eigenvalue weighted by molar-refractivity contribution is 0.465. The van der Waals surface area contributed by atoms with Crippen molar-refractivity contribution in [2.75, 3.05) is 4.90 Å². The predicted molar refractivity (Wildman–Crippen MR) is 225 cm³/mol. The molecule has 258 valence electrons. The highest BCUT2D eigenvalue weighted by atomic mass is 15.1. The van der Waals surface area contributed by atoms with E-state index in [1.54, 1.807) is 0 Å². The number of anilines is 3. The molecule has 11 rings (SSSR count). The van der Waals surface area contributed by atoms with Gasteiger partial charge in [-0.05, 0) is 110 Å². The van der Waals surface area contributed by atoms with Crippen molar-refractivity contribution in [1.82, 2.24) is 0 Å². The van der Waals surface area contributed by atoms with Gasteiger partial charge in [0.2, 0.25) is 0 Å². The molecule has 0 saturated heterocycles. The standard InChI is InChI=1S/C53H41N/c1-34-20-22-35(23-21-34)36-24-26-37(27-25-36)54(38-28-30-44-40-12-4-8-16-46(40)52(2,3)50(44)32-38)39-29-31-45-43-15-7-11-19-49(43)53(51(45)33-39)47-17-9-5-13-41(47)42-14-6-10-18-48(42)53/h4-33,43,49H,1-3H3. The second-order valence-electron chi connectivity index (χ2n) is 16.1. The van der Waals surface area contributed by atoms with Crippen LogP contribution in [-0.4, -0.2) is 0 Å². The topological polar surface area (TPSA) is 3.24 Å². The molecule has 1 heteroatoms. The second-order valence-corrected chi connectivity index (χ2v) is 16.1. The van der Waals surface area contributed by atoms with E-state index in [2.05, 4.69) is 208 Å². The summed E-state index contributed by atoms with van der Waals surface area (Å²) in [5.74, 6) is 0.596. The summed E-state index contributed by atoms with van der Waals surface area (Å²) < 4.78 is 0. The van der Waals surface area contributed by atoms with Crippen LogP contribution in [0.25, 0.3) is 33.4 Å². The Bertz CT molecular complexity index is 2660. The summed E-state index contributed by atoms with van der Waals surface area (Å²) in [5, 5.41) is 0. The van der Waals surface area contributed by atoms with Crippen molar-refractivity contribution in [1.29, 1.82) is 0 Å². The third-order valence-corrected chi connectivity index (χ3v) is 13.0. The summed E-state index contributed by atoms with van der Waals surface area (Å²) in [6.07, 6.45) is 9.43. The first-order valence-corrected chi connectivity index (χ1v) is 19.3. The van der Waals surface area contributed by atoms with Crippen molar-refractivity contribution in [3.8, 4) is 33.4 Å². The molecule has 0 bridgehead atoms. The van der Waals surface area contributed by atoms with Gasteiger partial charge < -0.3 is 4.90 Å². The van der Waals surface area contributed by atoms with Crippen LogP contribution in [-0.2, 0) is 10.8 Å². The fraction of sp³-hybridized carbons (Fsp3) is 0.132. The molecular weight excluding hydrogens is 651 g/mol. The summed E-state index contributed by atoms with van der Waals surface area (Å²) in [4.78, 5) is 2.49. The van der Waals surface area contributed by atoms with E-state index in [0.29, 0.717) is 11.8 Å². The van der Waals surface area contributed by atoms with E-state index in [1.165, 1.54) is 83.7 Å². The molecule has 54 heavy (non-hydrogen) atoms. The monoisotopic (exact) mass is 691 g/mol. The van der Waals surface area contributed by atoms with Crippen molar-refractivity contribution in [3.05, 3.63) is 221 Å². The maximum absolute atomic E-state index is 2.54. The zero-order valence-electron chi connectivity index (χ0n) is 30.9. The first-order valence-electron chi connectivity index (χ1n) is 19.3. The summed E-state index contributed by atoms with van der Waals surface area (Å²) in [7, 11) is 0. The third-order valence-electron chi connectivity index (χ3n) is 13.0. The van der Waals surface area contributed by atoms with Crippen LogP contribution in [0, 0.1) is 12.8 Å². The minimum atomic E-state index is -0.285. The van der Waals surface area contributed by atoms with Crippen molar-refractivity contribution < 1.29 is 0 Å². The van der Waals surface area contributed by atoms with E-state index >= 15 is 0 Å². The Morgan fingerprint density at radius 3 is 1.61 bits per heavy atom. The van der Waals surface area contributed by atoms with Gasteiger partial charge in [-0.25, -0.2) is 0 Å². The highest BCUT2D eigenvalue weighted by Gasteiger charge is 2.57. The number of hydrogen-bond donors (Lipinski definition) is 0. The van der Waals surface area contributed by atoms with Gasteiger partial charge in [0.15, 0.2) is 0 Å². The lowest BCUT2D eigenvalue weighted by Gasteiger charge is -2.36. The van der Waals surface area contributed by atoms with E-state index in [0.717, 1.165) is 5.69 Å². The van der Waals surface area contributed by atoms with Gasteiger partial charge in [0.1, 0.15) is 0 Å². The zero-order valence-corrected chi connectivity index (χ0v) is 30.9. The van der Waals surface area contributed by atoms with Gasteiger partial charge in [-0.1, -0.05) is 165 Å². The molecule has 0 amide bonds. The number of allylic oxidation sites excluding steroid dienone is 4. The van der Waals surface area contributed by atoms with Gasteiger partial charge in [0.05, 0.1) is 5.41 Å². The Hall–Kier alpha value is -6.18. The lowest BCUT2D eigenvalue weighted by Crippen LogP contribution is -2.33. The van der Waals surface area contributed by atoms with Crippen LogP contribution < -0.4 is 4.90 Å². The molecule has 0 heterocycles. The molecule has 7 aromatic rings. The van der Waals surface area contributed by atoms with Gasteiger partial charge in [-0.3, -0.25) is 0 Å². The Balaban J connectivity index is 1.14. The normalized spacial score (nSPS) is 18.4. The van der Waals surface area contributed by atoms with Gasteiger partial charge in [-0.15, -0.1) is 0 Å². The van der Waals surface area contributed by atoms with Crippen LogP contribution in [0.3, 0.4) is 0 Å². The maximum Gasteiger partial charge on any atom is 0.0538 e. The van der Waals surface area contributed by atoms with Gasteiger partial charge in [0.25, 0.3) is 0 Å². The second kappa shape index (κ2) is 11.4. The Morgan fingerprint density at radius 2 is 0.944 bits per heavy atom. The number of aryl methyl sites for hydroxylation is 1. The molecule has 2 unspecified atom stereocenters. The molecule has 0 N–H and O–H groups in total. The lowest BCUT2D eigenvalue weighted by atomic mass is 9.65. The highest BCUT2D eigenvalue weighted by molar-refractivity contribution is 5.89. The fourth-order valence-electron chi connectivity index (χ4n) is 10.6. The molecule has 4 aliphatic carbocycles.